The van der Waals surface area contributed by atoms with Crippen molar-refractivity contribution in [3.8, 4) is 22.8 Å². The first-order valence-corrected chi connectivity index (χ1v) is 18.0. The number of pyridine rings is 1. The Bertz CT molecular complexity index is 1780. The highest BCUT2D eigenvalue weighted by Crippen LogP contribution is 2.43. The Morgan fingerprint density at radius 2 is 1.69 bits per heavy atom. The van der Waals surface area contributed by atoms with Gasteiger partial charge in [0.2, 0.25) is 18.2 Å². The van der Waals surface area contributed by atoms with Gasteiger partial charge in [-0.1, -0.05) is 51.1 Å². The number of rotatable bonds is 11. The van der Waals surface area contributed by atoms with E-state index in [1.807, 2.05) is 30.3 Å². The van der Waals surface area contributed by atoms with Crippen molar-refractivity contribution in [1.82, 2.24) is 20.5 Å². The number of hydrogen-bond acceptors (Lipinski definition) is 8. The van der Waals surface area contributed by atoms with Gasteiger partial charge in [-0.05, 0) is 38.3 Å². The molecule has 1 saturated heterocycles. The number of likely N-dealkylation sites (tertiary alicyclic amines) is 1. The minimum atomic E-state index is -5.23. The van der Waals surface area contributed by atoms with Gasteiger partial charge in [0.05, 0.1) is 24.9 Å². The van der Waals surface area contributed by atoms with E-state index in [9.17, 15) is 37.5 Å². The number of halogens is 2. The number of amides is 3. The lowest BCUT2D eigenvalue weighted by Crippen LogP contribution is -2.58. The van der Waals surface area contributed by atoms with Gasteiger partial charge in [-0.3, -0.25) is 14.2 Å². The molecule has 1 fully saturated rings. The van der Waals surface area contributed by atoms with Gasteiger partial charge < -0.3 is 39.5 Å². The van der Waals surface area contributed by atoms with E-state index in [2.05, 4.69) is 10.6 Å². The maximum absolute atomic E-state index is 14.3. The smallest absolute Gasteiger partial charge is 0.408 e. The zero-order valence-corrected chi connectivity index (χ0v) is 30.4. The fraction of sp³-hybridized carbons (Fsp3) is 0.486. The topological polar surface area (TPSA) is 177 Å². The molecule has 0 bridgehead atoms. The maximum Gasteiger partial charge on any atom is 0.408 e. The summed E-state index contributed by atoms with van der Waals surface area (Å²) in [5, 5.41) is 5.25. The third-order valence-electron chi connectivity index (χ3n) is 8.08. The van der Waals surface area contributed by atoms with E-state index >= 15 is 0 Å². The number of nitrogens with zero attached hydrogens (tertiary/aromatic N) is 2. The summed E-state index contributed by atoms with van der Waals surface area (Å²) in [6, 6.07) is 13.6. The van der Waals surface area contributed by atoms with Crippen molar-refractivity contribution in [1.29, 1.82) is 0 Å². The molecular weight excluding hydrogens is 689 g/mol. The molecule has 0 spiro atoms. The Morgan fingerprint density at radius 3 is 2.25 bits per heavy atom. The Kier molecular flexibility index (Phi) is 12.0. The van der Waals surface area contributed by atoms with Gasteiger partial charge in [-0.2, -0.15) is 0 Å². The molecule has 0 aliphatic carbocycles. The molecule has 16 heteroatoms. The third-order valence-corrected chi connectivity index (χ3v) is 9.23. The van der Waals surface area contributed by atoms with Crippen LogP contribution in [0.25, 0.3) is 22.2 Å². The number of alkyl halides is 2. The quantitative estimate of drug-likeness (QED) is 0.185. The molecule has 3 amide bonds. The van der Waals surface area contributed by atoms with Crippen molar-refractivity contribution in [2.75, 3.05) is 13.7 Å². The van der Waals surface area contributed by atoms with E-state index in [1.54, 1.807) is 65.8 Å². The minimum absolute atomic E-state index is 0.177. The van der Waals surface area contributed by atoms with Crippen molar-refractivity contribution < 1.29 is 51.7 Å². The molecule has 4 rings (SSSR count). The average molecular weight is 735 g/mol. The molecule has 278 valence electrons. The zero-order chi connectivity index (χ0) is 37.9. The molecule has 51 heavy (non-hydrogen) atoms. The van der Waals surface area contributed by atoms with Crippen molar-refractivity contribution in [2.45, 2.75) is 90.4 Å². The molecule has 2 aromatic carbocycles. The average Bonchev–Trinajstić information content (AvgIpc) is 3.45. The summed E-state index contributed by atoms with van der Waals surface area (Å²) in [5.74, 6) is -3.06. The minimum Gasteiger partial charge on any atom is -0.497 e. The lowest BCUT2D eigenvalue weighted by molar-refractivity contribution is -0.142. The van der Waals surface area contributed by atoms with Crippen LogP contribution in [0.15, 0.2) is 54.6 Å². The van der Waals surface area contributed by atoms with Crippen molar-refractivity contribution in [3.05, 3.63) is 54.6 Å². The number of hydrogen-bond donors (Lipinski definition) is 4. The number of aromatic nitrogens is 1. The maximum atomic E-state index is 14.3. The van der Waals surface area contributed by atoms with Gasteiger partial charge >= 0.3 is 13.7 Å². The highest BCUT2D eigenvalue weighted by Gasteiger charge is 2.47. The van der Waals surface area contributed by atoms with Crippen LogP contribution in [0.2, 0.25) is 0 Å². The van der Waals surface area contributed by atoms with Crippen LogP contribution in [-0.2, 0) is 18.9 Å². The molecule has 4 N–H and O–H groups in total. The van der Waals surface area contributed by atoms with Gasteiger partial charge in [-0.25, -0.2) is 18.6 Å². The van der Waals surface area contributed by atoms with Crippen LogP contribution in [0.3, 0.4) is 0 Å². The van der Waals surface area contributed by atoms with E-state index in [0.29, 0.717) is 28.1 Å². The number of alkyl carbamates (subject to hydrolysis) is 1. The van der Waals surface area contributed by atoms with Crippen molar-refractivity contribution >= 4 is 36.4 Å². The van der Waals surface area contributed by atoms with E-state index < -0.39 is 73.3 Å². The van der Waals surface area contributed by atoms with Crippen molar-refractivity contribution in [3.63, 3.8) is 0 Å². The number of ether oxygens (including phenoxy) is 3. The lowest BCUT2D eigenvalue weighted by Gasteiger charge is -2.36. The second kappa shape index (κ2) is 15.5. The lowest BCUT2D eigenvalue weighted by atomic mass is 9.85. The highest BCUT2D eigenvalue weighted by atomic mass is 31.2. The molecular formula is C35H45F2N4O9P. The predicted octanol–water partition coefficient (Wildman–Crippen LogP) is 5.47. The van der Waals surface area contributed by atoms with E-state index in [4.69, 9.17) is 19.2 Å². The molecule has 2 heterocycles. The summed E-state index contributed by atoms with van der Waals surface area (Å²) in [4.78, 5) is 66.3. The predicted molar refractivity (Wildman–Crippen MR) is 185 cm³/mol. The standard InChI is InChI=1S/C35H45F2N4O9P/c1-34(2,3)30(40-33(44)50-35(4,5)6)32(43)41-19-22(16-26(41)31(42)39-29(18-28(36)37)51(45,46)47)49-27-17-24(20-11-9-8-10-12-20)38-25-15-21(48-7)13-14-23(25)27/h8-15,17,22,26,28-30H,16,18-19H2,1-7H3,(H,39,42)(H,40,44)(H2,45,46,47)/t22-,26+,29?,30?/m1/s1. The van der Waals surface area contributed by atoms with Crippen LogP contribution < -0.4 is 20.1 Å². The first-order chi connectivity index (χ1) is 23.7. The fourth-order valence-corrected chi connectivity index (χ4v) is 6.39. The first-order valence-electron chi connectivity index (χ1n) is 16.3. The van der Waals surface area contributed by atoms with Gasteiger partial charge in [-0.15, -0.1) is 0 Å². The van der Waals surface area contributed by atoms with E-state index in [-0.39, 0.29) is 13.0 Å². The Hall–Kier alpha value is -4.33. The van der Waals surface area contributed by atoms with Gasteiger partial charge in [0.25, 0.3) is 0 Å². The van der Waals surface area contributed by atoms with Gasteiger partial charge in [0.15, 0.2) is 0 Å². The second-order valence-electron chi connectivity index (χ2n) is 14.4. The van der Waals surface area contributed by atoms with Crippen LogP contribution >= 0.6 is 7.60 Å². The summed E-state index contributed by atoms with van der Waals surface area (Å²) in [6.07, 6.45) is -6.37. The molecule has 4 atom stereocenters. The van der Waals surface area contributed by atoms with Gasteiger partial charge in [0.1, 0.15) is 41.1 Å². The highest BCUT2D eigenvalue weighted by molar-refractivity contribution is 7.52. The fourth-order valence-electron chi connectivity index (χ4n) is 5.66. The summed E-state index contributed by atoms with van der Waals surface area (Å²) in [7, 11) is -3.70. The zero-order valence-electron chi connectivity index (χ0n) is 29.6. The second-order valence-corrected chi connectivity index (χ2v) is 16.2. The number of carbonyl (C=O) groups excluding carboxylic acids is 3. The van der Waals surface area contributed by atoms with Crippen LogP contribution in [0.4, 0.5) is 13.6 Å². The molecule has 13 nitrogen and oxygen atoms in total. The Morgan fingerprint density at radius 1 is 1.02 bits per heavy atom. The molecule has 3 aromatic rings. The number of methoxy groups -OCH3 is 1. The molecule has 1 aliphatic rings. The monoisotopic (exact) mass is 734 g/mol. The van der Waals surface area contributed by atoms with E-state index in [1.165, 1.54) is 7.11 Å². The molecule has 2 unspecified atom stereocenters. The summed E-state index contributed by atoms with van der Waals surface area (Å²) in [5.41, 5.74) is 0.0941. The molecule has 0 saturated carbocycles. The normalized spacial score (nSPS) is 17.9. The molecule has 1 aromatic heterocycles. The molecule has 1 aliphatic heterocycles. The van der Waals surface area contributed by atoms with Crippen LogP contribution in [-0.4, -0.2) is 87.2 Å². The number of nitrogens with one attached hydrogen (secondary N) is 2. The summed E-state index contributed by atoms with van der Waals surface area (Å²) in [6.45, 7) is 9.85. The Balaban J connectivity index is 1.74. The largest absolute Gasteiger partial charge is 0.497 e. The molecule has 0 radical (unpaired) electrons. The van der Waals surface area contributed by atoms with E-state index in [0.717, 1.165) is 10.5 Å². The van der Waals surface area contributed by atoms with Crippen molar-refractivity contribution in [2.24, 2.45) is 5.41 Å². The third kappa shape index (κ3) is 10.4. The summed E-state index contributed by atoms with van der Waals surface area (Å²) < 4.78 is 56.0. The Labute approximate surface area is 295 Å². The van der Waals surface area contributed by atoms with Crippen LogP contribution in [0, 0.1) is 5.41 Å². The number of carbonyl (C=O) groups is 3. The summed E-state index contributed by atoms with van der Waals surface area (Å²) >= 11 is 0. The first kappa shape index (κ1) is 39.5. The number of benzene rings is 2. The van der Waals surface area contributed by atoms with Gasteiger partial charge in [0, 0.05) is 35.9 Å². The SMILES string of the molecule is COc1ccc2c(O[C@@H]3C[C@@H](C(=O)NC(CC(F)F)P(=O)(O)O)N(C(=O)C(NC(=O)OC(C)(C)C)C(C)(C)C)C3)cc(-c3ccccc3)nc2c1. The van der Waals surface area contributed by atoms with Crippen LogP contribution in [0.1, 0.15) is 54.4 Å². The van der Waals surface area contributed by atoms with Crippen LogP contribution in [0.5, 0.6) is 11.5 Å². The number of fused-ring (bicyclic) bond motifs is 1.